The van der Waals surface area contributed by atoms with Gasteiger partial charge in [-0.3, -0.25) is 4.98 Å². The van der Waals surface area contributed by atoms with Crippen molar-refractivity contribution < 1.29 is 9.84 Å². The molecule has 0 fully saturated rings. The molecule has 1 aliphatic rings. The van der Waals surface area contributed by atoms with Gasteiger partial charge in [0.1, 0.15) is 0 Å². The summed E-state index contributed by atoms with van der Waals surface area (Å²) >= 11 is 3.48. The molecule has 0 aromatic carbocycles. The van der Waals surface area contributed by atoms with Crippen LogP contribution in [0.4, 0.5) is 0 Å². The molecule has 4 heteroatoms. The largest absolute Gasteiger partial charge is 0.394 e. The Morgan fingerprint density at radius 1 is 1.57 bits per heavy atom. The highest BCUT2D eigenvalue weighted by Crippen LogP contribution is 2.36. The summed E-state index contributed by atoms with van der Waals surface area (Å²) in [7, 11) is 0. The molecule has 0 radical (unpaired) electrons. The Morgan fingerprint density at radius 3 is 3.21 bits per heavy atom. The van der Waals surface area contributed by atoms with Crippen molar-refractivity contribution in [2.24, 2.45) is 0 Å². The molecular formula is C10H12BrNO2. The summed E-state index contributed by atoms with van der Waals surface area (Å²) in [6, 6.07) is 0. The number of nitrogens with zero attached hydrogens (tertiary/aromatic N) is 1. The minimum absolute atomic E-state index is 0.0767. The lowest BCUT2D eigenvalue weighted by molar-refractivity contribution is 0.0289. The van der Waals surface area contributed by atoms with Crippen LogP contribution < -0.4 is 0 Å². The molecule has 3 nitrogen and oxygen atoms in total. The SMILES string of the molecule is OCCOC1CCc2c(Br)cncc21. The zero-order valence-electron chi connectivity index (χ0n) is 7.74. The fourth-order valence-corrected chi connectivity index (χ4v) is 2.36. The Morgan fingerprint density at radius 2 is 2.43 bits per heavy atom. The van der Waals surface area contributed by atoms with Crippen molar-refractivity contribution in [3.63, 3.8) is 0 Å². The van der Waals surface area contributed by atoms with E-state index in [-0.39, 0.29) is 12.7 Å². The van der Waals surface area contributed by atoms with E-state index in [1.807, 2.05) is 12.4 Å². The van der Waals surface area contributed by atoms with Crippen LogP contribution >= 0.6 is 15.9 Å². The van der Waals surface area contributed by atoms with Crippen molar-refractivity contribution in [3.8, 4) is 0 Å². The minimum Gasteiger partial charge on any atom is -0.394 e. The summed E-state index contributed by atoms with van der Waals surface area (Å²) < 4.78 is 6.58. The van der Waals surface area contributed by atoms with E-state index in [0.717, 1.165) is 22.9 Å². The van der Waals surface area contributed by atoms with E-state index in [1.165, 1.54) is 5.56 Å². The molecule has 1 N–H and O–H groups in total. The Bertz CT molecular complexity index is 330. The van der Waals surface area contributed by atoms with Gasteiger partial charge >= 0.3 is 0 Å². The number of rotatable bonds is 3. The standard InChI is InChI=1S/C10H12BrNO2/c11-9-6-12-5-8-7(9)1-2-10(8)14-4-3-13/h5-6,10,13H,1-4H2. The monoisotopic (exact) mass is 257 g/mol. The van der Waals surface area contributed by atoms with Crippen LogP contribution in [0.3, 0.4) is 0 Å². The molecule has 1 atom stereocenters. The van der Waals surface area contributed by atoms with Gasteiger partial charge in [-0.1, -0.05) is 0 Å². The van der Waals surface area contributed by atoms with E-state index in [0.29, 0.717) is 6.61 Å². The van der Waals surface area contributed by atoms with Gasteiger partial charge in [0.25, 0.3) is 0 Å². The van der Waals surface area contributed by atoms with Crippen LogP contribution in [0.5, 0.6) is 0 Å². The molecule has 14 heavy (non-hydrogen) atoms. The maximum absolute atomic E-state index is 8.68. The highest BCUT2D eigenvalue weighted by Gasteiger charge is 2.24. The van der Waals surface area contributed by atoms with Crippen molar-refractivity contribution in [1.82, 2.24) is 4.98 Å². The first-order valence-electron chi connectivity index (χ1n) is 4.67. The molecule has 1 heterocycles. The van der Waals surface area contributed by atoms with Gasteiger partial charge in [-0.05, 0) is 34.3 Å². The average Bonchev–Trinajstić information content (AvgIpc) is 2.60. The molecule has 0 aliphatic heterocycles. The molecule has 0 saturated carbocycles. The van der Waals surface area contributed by atoms with Crippen molar-refractivity contribution >= 4 is 15.9 Å². The predicted molar refractivity (Wildman–Crippen MR) is 56.0 cm³/mol. The van der Waals surface area contributed by atoms with Crippen molar-refractivity contribution in [2.45, 2.75) is 18.9 Å². The molecular weight excluding hydrogens is 246 g/mol. The topological polar surface area (TPSA) is 42.4 Å². The first-order chi connectivity index (χ1) is 6.83. The second-order valence-corrected chi connectivity index (χ2v) is 4.17. The number of aliphatic hydroxyl groups excluding tert-OH is 1. The summed E-state index contributed by atoms with van der Waals surface area (Å²) in [4.78, 5) is 4.12. The molecule has 0 amide bonds. The number of ether oxygens (including phenoxy) is 1. The van der Waals surface area contributed by atoms with E-state index in [9.17, 15) is 0 Å². The highest BCUT2D eigenvalue weighted by molar-refractivity contribution is 9.10. The van der Waals surface area contributed by atoms with Crippen LogP contribution in [0.2, 0.25) is 0 Å². The summed E-state index contributed by atoms with van der Waals surface area (Å²) in [6.45, 7) is 0.476. The van der Waals surface area contributed by atoms with Gasteiger partial charge in [0.05, 0.1) is 19.3 Å². The fraction of sp³-hybridized carbons (Fsp3) is 0.500. The van der Waals surface area contributed by atoms with Gasteiger partial charge in [0.15, 0.2) is 0 Å². The highest BCUT2D eigenvalue weighted by atomic mass is 79.9. The summed E-state index contributed by atoms with van der Waals surface area (Å²) in [5.74, 6) is 0. The number of pyridine rings is 1. The van der Waals surface area contributed by atoms with Gasteiger partial charge in [0.2, 0.25) is 0 Å². The van der Waals surface area contributed by atoms with E-state index in [2.05, 4.69) is 20.9 Å². The van der Waals surface area contributed by atoms with E-state index in [1.54, 1.807) is 0 Å². The molecule has 1 aromatic heterocycles. The number of halogens is 1. The quantitative estimate of drug-likeness (QED) is 0.899. The predicted octanol–water partition coefficient (Wildman–Crippen LogP) is 1.84. The Hall–Kier alpha value is -0.450. The number of aliphatic hydroxyl groups is 1. The van der Waals surface area contributed by atoms with Crippen molar-refractivity contribution in [3.05, 3.63) is 28.0 Å². The van der Waals surface area contributed by atoms with Crippen LogP contribution in [0.1, 0.15) is 23.7 Å². The van der Waals surface area contributed by atoms with E-state index >= 15 is 0 Å². The summed E-state index contributed by atoms with van der Waals surface area (Å²) in [5.41, 5.74) is 2.45. The lowest BCUT2D eigenvalue weighted by Crippen LogP contribution is -2.05. The maximum Gasteiger partial charge on any atom is 0.0847 e. The van der Waals surface area contributed by atoms with Crippen LogP contribution in [0.15, 0.2) is 16.9 Å². The van der Waals surface area contributed by atoms with Crippen LogP contribution in [0.25, 0.3) is 0 Å². The summed E-state index contributed by atoms with van der Waals surface area (Å²) in [6.07, 6.45) is 5.79. The first-order valence-corrected chi connectivity index (χ1v) is 5.47. The smallest absolute Gasteiger partial charge is 0.0847 e. The Labute approximate surface area is 91.2 Å². The molecule has 76 valence electrons. The van der Waals surface area contributed by atoms with Crippen LogP contribution in [0, 0.1) is 0 Å². The molecule has 0 spiro atoms. The zero-order chi connectivity index (χ0) is 9.97. The third-order valence-electron chi connectivity index (χ3n) is 2.45. The Balaban J connectivity index is 2.18. The van der Waals surface area contributed by atoms with Crippen LogP contribution in [-0.4, -0.2) is 23.3 Å². The number of fused-ring (bicyclic) bond motifs is 1. The van der Waals surface area contributed by atoms with Gasteiger partial charge in [-0.2, -0.15) is 0 Å². The third kappa shape index (κ3) is 1.82. The van der Waals surface area contributed by atoms with Gasteiger partial charge < -0.3 is 9.84 Å². The molecule has 1 aliphatic carbocycles. The normalized spacial score (nSPS) is 19.7. The number of hydrogen-bond acceptors (Lipinski definition) is 3. The van der Waals surface area contributed by atoms with Gasteiger partial charge in [-0.25, -0.2) is 0 Å². The zero-order valence-corrected chi connectivity index (χ0v) is 9.33. The Kier molecular flexibility index (Phi) is 3.15. The second kappa shape index (κ2) is 4.38. The van der Waals surface area contributed by atoms with Crippen molar-refractivity contribution in [2.75, 3.05) is 13.2 Å². The van der Waals surface area contributed by atoms with Crippen LogP contribution in [-0.2, 0) is 11.2 Å². The molecule has 0 bridgehead atoms. The first kappa shape index (κ1) is 10.1. The molecule has 2 rings (SSSR count). The lowest BCUT2D eigenvalue weighted by Gasteiger charge is -2.11. The number of aromatic nitrogens is 1. The maximum atomic E-state index is 8.68. The lowest BCUT2D eigenvalue weighted by atomic mass is 10.2. The molecule has 0 saturated heterocycles. The molecule has 1 aromatic rings. The minimum atomic E-state index is 0.0767. The van der Waals surface area contributed by atoms with E-state index < -0.39 is 0 Å². The fourth-order valence-electron chi connectivity index (χ4n) is 1.82. The summed E-state index contributed by atoms with van der Waals surface area (Å²) in [5, 5.41) is 8.68. The third-order valence-corrected chi connectivity index (χ3v) is 3.14. The van der Waals surface area contributed by atoms with Crippen molar-refractivity contribution in [1.29, 1.82) is 0 Å². The van der Waals surface area contributed by atoms with E-state index in [4.69, 9.17) is 9.84 Å². The number of hydrogen-bond donors (Lipinski definition) is 1. The second-order valence-electron chi connectivity index (χ2n) is 3.31. The van der Waals surface area contributed by atoms with Gasteiger partial charge in [-0.15, -0.1) is 0 Å². The molecule has 1 unspecified atom stereocenters. The average molecular weight is 258 g/mol. The van der Waals surface area contributed by atoms with Gasteiger partial charge in [0, 0.05) is 22.4 Å².